The van der Waals surface area contributed by atoms with Gasteiger partial charge in [-0.2, -0.15) is 0 Å². The van der Waals surface area contributed by atoms with E-state index in [1.54, 1.807) is 16.9 Å². The first-order chi connectivity index (χ1) is 20.5. The Balaban J connectivity index is 1.52. The van der Waals surface area contributed by atoms with Crippen LogP contribution in [0.1, 0.15) is 30.0 Å². The summed E-state index contributed by atoms with van der Waals surface area (Å²) in [4.78, 5) is 43.4. The fourth-order valence-corrected chi connectivity index (χ4v) is 10.0. The van der Waals surface area contributed by atoms with E-state index in [1.165, 1.54) is 0 Å². The topological polar surface area (TPSA) is 99.5 Å². The lowest BCUT2D eigenvalue weighted by atomic mass is 9.82. The van der Waals surface area contributed by atoms with Crippen LogP contribution in [0.5, 0.6) is 5.75 Å². The highest BCUT2D eigenvalue weighted by Gasteiger charge is 2.66. The summed E-state index contributed by atoms with van der Waals surface area (Å²) < 4.78 is 13.5. The van der Waals surface area contributed by atoms with Gasteiger partial charge in [0.15, 0.2) is 13.9 Å². The van der Waals surface area contributed by atoms with Crippen LogP contribution in [0, 0.1) is 9.49 Å². The molecule has 0 aromatic heterocycles. The van der Waals surface area contributed by atoms with E-state index < -0.39 is 31.5 Å². The van der Waals surface area contributed by atoms with E-state index in [0.29, 0.717) is 24.4 Å². The zero-order valence-corrected chi connectivity index (χ0v) is 28.2. The Morgan fingerprint density at radius 1 is 1.09 bits per heavy atom. The second kappa shape index (κ2) is 12.7. The maximum absolute atomic E-state index is 14.6. The Labute approximate surface area is 267 Å². The number of carbonyl (C=O) groups excluding carboxylic acids is 2. The SMILES string of the molecule is COc1ccc2c(c1)[C@]1(O[C@@H](CC(=O)N(CCO)Cc3ccccc3)[C@H]([Si](C)(C)O)[C@H]1C)C(=O)N2Cc1cccc(I)c1. The Bertz CT molecular complexity index is 1480. The zero-order valence-electron chi connectivity index (χ0n) is 25.0. The fraction of sp³-hybridized carbons (Fsp3) is 0.394. The summed E-state index contributed by atoms with van der Waals surface area (Å²) in [6, 6.07) is 23.3. The number of anilines is 1. The Hall–Kier alpha value is -2.77. The molecule has 8 nitrogen and oxygen atoms in total. The summed E-state index contributed by atoms with van der Waals surface area (Å²) in [5, 5.41) is 9.76. The van der Waals surface area contributed by atoms with Crippen LogP contribution in [0.2, 0.25) is 18.6 Å². The van der Waals surface area contributed by atoms with Gasteiger partial charge in [0.25, 0.3) is 5.91 Å². The lowest BCUT2D eigenvalue weighted by Gasteiger charge is -2.32. The summed E-state index contributed by atoms with van der Waals surface area (Å²) in [5.74, 6) is -0.192. The van der Waals surface area contributed by atoms with E-state index in [4.69, 9.17) is 9.47 Å². The normalized spacial score (nSPS) is 23.1. The third kappa shape index (κ3) is 6.12. The van der Waals surface area contributed by atoms with Crippen LogP contribution in [0.15, 0.2) is 72.8 Å². The minimum absolute atomic E-state index is 0.00988. The summed E-state index contributed by atoms with van der Waals surface area (Å²) >= 11 is 2.26. The van der Waals surface area contributed by atoms with Crippen LogP contribution in [-0.4, -0.2) is 61.3 Å². The summed E-state index contributed by atoms with van der Waals surface area (Å²) in [5.41, 5.74) is 1.61. The van der Waals surface area contributed by atoms with Crippen molar-refractivity contribution in [3.63, 3.8) is 0 Å². The van der Waals surface area contributed by atoms with E-state index in [2.05, 4.69) is 28.7 Å². The smallest absolute Gasteiger partial charge is 0.264 e. The van der Waals surface area contributed by atoms with E-state index >= 15 is 0 Å². The highest BCUT2D eigenvalue weighted by atomic mass is 127. The van der Waals surface area contributed by atoms with Crippen molar-refractivity contribution in [2.45, 2.75) is 56.8 Å². The van der Waals surface area contributed by atoms with Crippen molar-refractivity contribution in [2.24, 2.45) is 5.92 Å². The molecule has 1 fully saturated rings. The maximum Gasteiger partial charge on any atom is 0.264 e. The number of aliphatic hydroxyl groups excluding tert-OH is 1. The minimum Gasteiger partial charge on any atom is -0.497 e. The number of hydrogen-bond donors (Lipinski definition) is 2. The van der Waals surface area contributed by atoms with Crippen molar-refractivity contribution in [1.29, 1.82) is 0 Å². The van der Waals surface area contributed by atoms with Crippen molar-refractivity contribution in [3.8, 4) is 5.75 Å². The molecule has 0 radical (unpaired) electrons. The predicted octanol–water partition coefficient (Wildman–Crippen LogP) is 5.06. The number of aliphatic hydroxyl groups is 1. The summed E-state index contributed by atoms with van der Waals surface area (Å²) in [6.45, 7) is 6.37. The number of benzene rings is 3. The number of ether oxygens (including phenoxy) is 2. The Morgan fingerprint density at radius 2 is 1.81 bits per heavy atom. The predicted molar refractivity (Wildman–Crippen MR) is 176 cm³/mol. The van der Waals surface area contributed by atoms with Gasteiger partial charge in [0.05, 0.1) is 38.5 Å². The first kappa shape index (κ1) is 31.6. The molecule has 0 aliphatic carbocycles. The molecule has 4 atom stereocenters. The largest absolute Gasteiger partial charge is 0.497 e. The summed E-state index contributed by atoms with van der Waals surface area (Å²) in [6.07, 6.45) is -0.698. The van der Waals surface area contributed by atoms with Crippen LogP contribution in [0.3, 0.4) is 0 Å². The van der Waals surface area contributed by atoms with Gasteiger partial charge < -0.3 is 29.2 Å². The average Bonchev–Trinajstić information content (AvgIpc) is 3.39. The molecule has 3 aromatic carbocycles. The van der Waals surface area contributed by atoms with Gasteiger partial charge in [0.1, 0.15) is 5.75 Å². The minimum atomic E-state index is -2.96. The number of hydrogen-bond acceptors (Lipinski definition) is 6. The van der Waals surface area contributed by atoms with Gasteiger partial charge in [-0.25, -0.2) is 0 Å². The third-order valence-corrected chi connectivity index (χ3v) is 11.9. The second-order valence-electron chi connectivity index (χ2n) is 12.0. The molecule has 0 unspecified atom stereocenters. The molecule has 5 rings (SSSR count). The molecule has 2 amide bonds. The molecule has 3 aromatic rings. The molecule has 228 valence electrons. The highest BCUT2D eigenvalue weighted by molar-refractivity contribution is 14.1. The second-order valence-corrected chi connectivity index (χ2v) is 17.2. The van der Waals surface area contributed by atoms with Crippen molar-refractivity contribution in [2.75, 3.05) is 25.2 Å². The molecule has 0 saturated carbocycles. The number of halogens is 1. The molecule has 43 heavy (non-hydrogen) atoms. The lowest BCUT2D eigenvalue weighted by molar-refractivity contribution is -0.150. The third-order valence-electron chi connectivity index (χ3n) is 8.74. The molecule has 2 aliphatic rings. The van der Waals surface area contributed by atoms with E-state index in [1.807, 2.05) is 86.7 Å². The quantitative estimate of drug-likeness (QED) is 0.225. The number of amides is 2. The first-order valence-electron chi connectivity index (χ1n) is 14.6. The molecule has 1 saturated heterocycles. The van der Waals surface area contributed by atoms with Gasteiger partial charge in [0, 0.05) is 33.7 Å². The number of rotatable bonds is 10. The zero-order chi connectivity index (χ0) is 30.9. The molecule has 2 N–H and O–H groups in total. The highest BCUT2D eigenvalue weighted by Crippen LogP contribution is 2.60. The van der Waals surface area contributed by atoms with Crippen LogP contribution in [0.25, 0.3) is 0 Å². The van der Waals surface area contributed by atoms with Crippen molar-refractivity contribution < 1.29 is 29.0 Å². The summed E-state index contributed by atoms with van der Waals surface area (Å²) in [7, 11) is -1.37. The molecule has 2 heterocycles. The number of nitrogens with zero attached hydrogens (tertiary/aromatic N) is 2. The molecular weight excluding hydrogens is 675 g/mol. The lowest BCUT2D eigenvalue weighted by Crippen LogP contribution is -2.46. The van der Waals surface area contributed by atoms with Crippen molar-refractivity contribution in [3.05, 3.63) is 93.1 Å². The van der Waals surface area contributed by atoms with Crippen LogP contribution in [-0.2, 0) is 33.0 Å². The molecule has 1 spiro atoms. The van der Waals surface area contributed by atoms with Gasteiger partial charge in [-0.1, -0.05) is 49.4 Å². The standard InChI is InChI=1S/C33H39IN2O6Si/c1-22-31(43(3,4)40)29(19-30(38)35(15-16-37)20-23-9-6-5-7-10-23)42-33(22)27-18-26(41-2)13-14-28(27)36(32(33)39)21-24-11-8-12-25(34)17-24/h5-14,17-18,22,29,31,37,40H,15-16,19-21H2,1-4H3/t22-,29+,31-,33+/m1/s1. The number of methoxy groups -OCH3 is 1. The van der Waals surface area contributed by atoms with Crippen molar-refractivity contribution in [1.82, 2.24) is 4.90 Å². The Morgan fingerprint density at radius 3 is 2.47 bits per heavy atom. The van der Waals surface area contributed by atoms with Gasteiger partial charge in [-0.3, -0.25) is 9.59 Å². The number of fused-ring (bicyclic) bond motifs is 2. The Kier molecular flexibility index (Phi) is 9.33. The van der Waals surface area contributed by atoms with E-state index in [0.717, 1.165) is 20.4 Å². The van der Waals surface area contributed by atoms with Gasteiger partial charge in [-0.15, -0.1) is 0 Å². The average molecular weight is 715 g/mol. The monoisotopic (exact) mass is 714 g/mol. The number of carbonyl (C=O) groups is 2. The van der Waals surface area contributed by atoms with Crippen LogP contribution >= 0.6 is 22.6 Å². The van der Waals surface area contributed by atoms with Gasteiger partial charge in [0.2, 0.25) is 5.91 Å². The fourth-order valence-electron chi connectivity index (χ4n) is 6.88. The molecular formula is C33H39IN2O6Si. The van der Waals surface area contributed by atoms with Crippen LogP contribution in [0.4, 0.5) is 5.69 Å². The maximum atomic E-state index is 14.6. The molecule has 10 heteroatoms. The molecule has 2 aliphatic heterocycles. The molecule has 0 bridgehead atoms. The van der Waals surface area contributed by atoms with Crippen LogP contribution < -0.4 is 9.64 Å². The first-order valence-corrected chi connectivity index (χ1v) is 18.7. The van der Waals surface area contributed by atoms with E-state index in [-0.39, 0.29) is 31.4 Å². The van der Waals surface area contributed by atoms with Gasteiger partial charge in [-0.05, 0) is 77.1 Å². The van der Waals surface area contributed by atoms with Crippen molar-refractivity contribution >= 4 is 48.4 Å². The van der Waals surface area contributed by atoms with Gasteiger partial charge >= 0.3 is 0 Å². The van der Waals surface area contributed by atoms with E-state index in [9.17, 15) is 19.5 Å².